The molecule has 0 aliphatic rings. The summed E-state index contributed by atoms with van der Waals surface area (Å²) in [7, 11) is 0. The summed E-state index contributed by atoms with van der Waals surface area (Å²) in [6, 6.07) is 10.2. The third-order valence-corrected chi connectivity index (χ3v) is 4.38. The van der Waals surface area contributed by atoms with Gasteiger partial charge in [0.25, 0.3) is 0 Å². The molecule has 0 saturated heterocycles. The highest BCUT2D eigenvalue weighted by Crippen LogP contribution is 2.31. The molecule has 4 rings (SSSR count). The minimum Gasteiger partial charge on any atom is -0.423 e. The normalized spacial score (nSPS) is 11.4. The average Bonchev–Trinajstić information content (AvgIpc) is 3.01. The molecule has 2 heterocycles. The van der Waals surface area contributed by atoms with Gasteiger partial charge in [0.2, 0.25) is 0 Å². The second-order valence-electron chi connectivity index (χ2n) is 5.32. The van der Waals surface area contributed by atoms with E-state index in [1.807, 2.05) is 38.1 Å². The predicted octanol–water partition coefficient (Wildman–Crippen LogP) is 4.38. The van der Waals surface area contributed by atoms with Crippen LogP contribution in [-0.2, 0) is 0 Å². The summed E-state index contributed by atoms with van der Waals surface area (Å²) in [4.78, 5) is 8.99. The zero-order chi connectivity index (χ0) is 15.3. The Balaban J connectivity index is 1.74. The molecule has 0 bridgehead atoms. The predicted molar refractivity (Wildman–Crippen MR) is 90.8 cm³/mol. The smallest absolute Gasteiger partial charge is 0.302 e. The van der Waals surface area contributed by atoms with Crippen molar-refractivity contribution in [2.75, 3.05) is 11.1 Å². The largest absolute Gasteiger partial charge is 0.423 e. The quantitative estimate of drug-likeness (QED) is 0.537. The summed E-state index contributed by atoms with van der Waals surface area (Å²) >= 11 is 1.52. The van der Waals surface area contributed by atoms with Gasteiger partial charge in [0.05, 0.1) is 10.2 Å². The molecule has 0 saturated carbocycles. The van der Waals surface area contributed by atoms with Gasteiger partial charge in [-0.05, 0) is 49.2 Å². The second kappa shape index (κ2) is 4.71. The van der Waals surface area contributed by atoms with Gasteiger partial charge >= 0.3 is 6.01 Å². The molecule has 0 spiro atoms. The van der Waals surface area contributed by atoms with E-state index in [9.17, 15) is 0 Å². The van der Waals surface area contributed by atoms with Crippen LogP contribution in [0.2, 0.25) is 0 Å². The number of aromatic nitrogens is 2. The van der Waals surface area contributed by atoms with Gasteiger partial charge in [-0.15, -0.1) is 0 Å². The molecule has 0 unspecified atom stereocenters. The number of hydrogen-bond acceptors (Lipinski definition) is 6. The van der Waals surface area contributed by atoms with Gasteiger partial charge in [0.1, 0.15) is 5.52 Å². The minimum atomic E-state index is 0.454. The molecule has 0 aliphatic heterocycles. The zero-order valence-corrected chi connectivity index (χ0v) is 13.0. The van der Waals surface area contributed by atoms with Crippen molar-refractivity contribution in [3.8, 4) is 0 Å². The van der Waals surface area contributed by atoms with E-state index in [4.69, 9.17) is 10.2 Å². The van der Waals surface area contributed by atoms with E-state index in [1.54, 1.807) is 0 Å². The average molecular weight is 310 g/mol. The Hall–Kier alpha value is -2.60. The Labute approximate surface area is 130 Å². The molecule has 22 heavy (non-hydrogen) atoms. The highest BCUT2D eigenvalue weighted by molar-refractivity contribution is 7.22. The van der Waals surface area contributed by atoms with Crippen LogP contribution in [0, 0.1) is 13.8 Å². The van der Waals surface area contributed by atoms with Crippen molar-refractivity contribution in [2.45, 2.75) is 13.8 Å². The monoisotopic (exact) mass is 310 g/mol. The second-order valence-corrected chi connectivity index (χ2v) is 6.35. The Morgan fingerprint density at radius 3 is 2.82 bits per heavy atom. The first-order valence-corrected chi connectivity index (χ1v) is 7.71. The van der Waals surface area contributed by atoms with Crippen LogP contribution in [0.4, 0.5) is 16.8 Å². The molecule has 0 radical (unpaired) electrons. The lowest BCUT2D eigenvalue weighted by atomic mass is 10.1. The summed E-state index contributed by atoms with van der Waals surface area (Å²) in [5.74, 6) is 0. The third kappa shape index (κ3) is 2.17. The molecule has 0 amide bonds. The highest BCUT2D eigenvalue weighted by atomic mass is 32.1. The number of aryl methyl sites for hydroxylation is 2. The van der Waals surface area contributed by atoms with Crippen molar-refractivity contribution in [3.63, 3.8) is 0 Å². The lowest BCUT2D eigenvalue weighted by molar-refractivity contribution is 0.620. The molecule has 0 aliphatic carbocycles. The Morgan fingerprint density at radius 2 is 1.95 bits per heavy atom. The first-order valence-electron chi connectivity index (χ1n) is 6.89. The van der Waals surface area contributed by atoms with E-state index >= 15 is 0 Å². The molecule has 110 valence electrons. The maximum absolute atomic E-state index is 5.80. The van der Waals surface area contributed by atoms with Gasteiger partial charge in [0, 0.05) is 5.69 Å². The van der Waals surface area contributed by atoms with Gasteiger partial charge in [-0.2, -0.15) is 4.98 Å². The van der Waals surface area contributed by atoms with E-state index in [-0.39, 0.29) is 0 Å². The molecule has 3 N–H and O–H groups in total. The van der Waals surface area contributed by atoms with Gasteiger partial charge in [-0.25, -0.2) is 4.98 Å². The Bertz CT molecular complexity index is 1000. The minimum absolute atomic E-state index is 0.454. The van der Waals surface area contributed by atoms with E-state index < -0.39 is 0 Å². The zero-order valence-electron chi connectivity index (χ0n) is 12.2. The van der Waals surface area contributed by atoms with Gasteiger partial charge in [-0.1, -0.05) is 17.4 Å². The first-order chi connectivity index (χ1) is 10.6. The molecular formula is C16H14N4OS. The van der Waals surface area contributed by atoms with Crippen LogP contribution in [0.15, 0.2) is 34.7 Å². The molecule has 2 aromatic carbocycles. The molecular weight excluding hydrogens is 296 g/mol. The molecule has 6 heteroatoms. The number of nitrogens with zero attached hydrogens (tertiary/aromatic N) is 2. The summed E-state index contributed by atoms with van der Waals surface area (Å²) in [5.41, 5.74) is 11.3. The lowest BCUT2D eigenvalue weighted by Gasteiger charge is -1.95. The first kappa shape index (κ1) is 13.1. The highest BCUT2D eigenvalue weighted by Gasteiger charge is 2.11. The van der Waals surface area contributed by atoms with Gasteiger partial charge < -0.3 is 10.2 Å². The SMILES string of the molecule is Cc1cc(C)c2oc(Nc3nc4ccc(N)cc4s3)nc2c1. The number of fused-ring (bicyclic) bond motifs is 2. The van der Waals surface area contributed by atoms with Gasteiger partial charge in [-0.3, -0.25) is 5.32 Å². The fourth-order valence-corrected chi connectivity index (χ4v) is 3.42. The number of nitrogens with two attached hydrogens (primary N) is 1. The Kier molecular flexibility index (Phi) is 2.80. The van der Waals surface area contributed by atoms with Crippen molar-refractivity contribution >= 4 is 49.5 Å². The number of nitrogen functional groups attached to an aromatic ring is 1. The maximum Gasteiger partial charge on any atom is 0.302 e. The number of benzene rings is 2. The van der Waals surface area contributed by atoms with Crippen LogP contribution in [0.25, 0.3) is 21.3 Å². The number of oxazole rings is 1. The standard InChI is InChI=1S/C16H14N4OS/c1-8-5-9(2)14-12(6-8)18-15(21-14)20-16-19-11-4-3-10(17)7-13(11)22-16/h3-7H,17H2,1-2H3,(H,18,19,20). The van der Waals surface area contributed by atoms with Crippen LogP contribution < -0.4 is 11.1 Å². The van der Waals surface area contributed by atoms with E-state index in [2.05, 4.69) is 21.4 Å². The van der Waals surface area contributed by atoms with Crippen LogP contribution in [-0.4, -0.2) is 9.97 Å². The van der Waals surface area contributed by atoms with Crippen molar-refractivity contribution in [1.82, 2.24) is 9.97 Å². The van der Waals surface area contributed by atoms with Crippen molar-refractivity contribution in [3.05, 3.63) is 41.5 Å². The third-order valence-electron chi connectivity index (χ3n) is 3.45. The van der Waals surface area contributed by atoms with Crippen LogP contribution >= 0.6 is 11.3 Å². The van der Waals surface area contributed by atoms with Crippen molar-refractivity contribution < 1.29 is 4.42 Å². The van der Waals surface area contributed by atoms with E-state index in [0.717, 1.165) is 37.7 Å². The maximum atomic E-state index is 5.80. The molecule has 0 atom stereocenters. The Morgan fingerprint density at radius 1 is 1.09 bits per heavy atom. The number of thiazole rings is 1. The van der Waals surface area contributed by atoms with Crippen molar-refractivity contribution in [2.24, 2.45) is 0 Å². The van der Waals surface area contributed by atoms with Crippen LogP contribution in [0.5, 0.6) is 0 Å². The van der Waals surface area contributed by atoms with Crippen molar-refractivity contribution in [1.29, 1.82) is 0 Å². The molecule has 5 nitrogen and oxygen atoms in total. The summed E-state index contributed by atoms with van der Waals surface area (Å²) in [6.45, 7) is 4.07. The summed E-state index contributed by atoms with van der Waals surface area (Å²) in [5, 5.41) is 3.88. The molecule has 0 fully saturated rings. The van der Waals surface area contributed by atoms with Crippen LogP contribution in [0.3, 0.4) is 0 Å². The molecule has 2 aromatic heterocycles. The fraction of sp³-hybridized carbons (Fsp3) is 0.125. The number of rotatable bonds is 2. The molecule has 4 aromatic rings. The topological polar surface area (TPSA) is 77.0 Å². The van der Waals surface area contributed by atoms with Gasteiger partial charge in [0.15, 0.2) is 10.7 Å². The summed E-state index contributed by atoms with van der Waals surface area (Å²) in [6.07, 6.45) is 0. The lowest BCUT2D eigenvalue weighted by Crippen LogP contribution is -1.88. The summed E-state index contributed by atoms with van der Waals surface area (Å²) < 4.78 is 6.83. The van der Waals surface area contributed by atoms with E-state index in [1.165, 1.54) is 16.9 Å². The number of nitrogens with one attached hydrogen (secondary N) is 1. The fourth-order valence-electron chi connectivity index (χ4n) is 2.52. The number of hydrogen-bond donors (Lipinski definition) is 2. The van der Waals surface area contributed by atoms with E-state index in [0.29, 0.717) is 6.01 Å². The van der Waals surface area contributed by atoms with Crippen LogP contribution in [0.1, 0.15) is 11.1 Å². The number of anilines is 3.